The summed E-state index contributed by atoms with van der Waals surface area (Å²) in [5, 5.41) is 26.8. The Labute approximate surface area is 76.6 Å². The van der Waals surface area contributed by atoms with Crippen molar-refractivity contribution in [3.8, 4) is 0 Å². The molecule has 76 valence electrons. The second kappa shape index (κ2) is 4.55. The van der Waals surface area contributed by atoms with Crippen molar-refractivity contribution in [3.05, 3.63) is 0 Å². The minimum Gasteiger partial charge on any atom is -0.480 e. The molecule has 0 aromatic carbocycles. The summed E-state index contributed by atoms with van der Waals surface area (Å²) in [4.78, 5) is 12.1. The summed E-state index contributed by atoms with van der Waals surface area (Å²) in [6, 6.07) is -0.208. The Morgan fingerprint density at radius 3 is 2.77 bits per heavy atom. The first-order valence-corrected chi connectivity index (χ1v) is 4.38. The number of carbonyl (C=O) groups is 1. The third-order valence-corrected chi connectivity index (χ3v) is 2.36. The van der Waals surface area contributed by atoms with Crippen LogP contribution in [0.15, 0.2) is 0 Å². The molecule has 1 fully saturated rings. The van der Waals surface area contributed by atoms with Crippen molar-refractivity contribution >= 4 is 5.97 Å². The maximum Gasteiger partial charge on any atom is 0.317 e. The topological polar surface area (TPSA) is 81.0 Å². The zero-order valence-corrected chi connectivity index (χ0v) is 7.39. The molecule has 0 aromatic rings. The van der Waals surface area contributed by atoms with E-state index in [0.29, 0.717) is 19.4 Å². The van der Waals surface area contributed by atoms with Gasteiger partial charge in [-0.25, -0.2) is 0 Å². The van der Waals surface area contributed by atoms with E-state index >= 15 is 0 Å². The molecule has 2 atom stereocenters. The summed E-state index contributed by atoms with van der Waals surface area (Å²) in [5.74, 6) is -0.894. The van der Waals surface area contributed by atoms with Gasteiger partial charge in [0.25, 0.3) is 0 Å². The molecule has 1 heterocycles. The molecular formula is C8H15NO4. The number of piperidine rings is 1. The average Bonchev–Trinajstić information content (AvgIpc) is 2.07. The fraction of sp³-hybridized carbons (Fsp3) is 0.875. The van der Waals surface area contributed by atoms with Gasteiger partial charge in [0, 0.05) is 12.6 Å². The SMILES string of the molecule is O=C(O)CN1CCC(O)CC1CO. The van der Waals surface area contributed by atoms with Crippen LogP contribution in [0.25, 0.3) is 0 Å². The van der Waals surface area contributed by atoms with Crippen LogP contribution >= 0.6 is 0 Å². The van der Waals surface area contributed by atoms with Gasteiger partial charge in [0.2, 0.25) is 0 Å². The van der Waals surface area contributed by atoms with Crippen LogP contribution in [-0.4, -0.2) is 58.0 Å². The standard InChI is InChI=1S/C8H15NO4/c10-5-6-3-7(11)1-2-9(6)4-8(12)13/h6-7,10-11H,1-5H2,(H,12,13). The molecule has 1 rings (SSSR count). The van der Waals surface area contributed by atoms with Crippen molar-refractivity contribution in [3.63, 3.8) is 0 Å². The number of hydrogen-bond donors (Lipinski definition) is 3. The Morgan fingerprint density at radius 1 is 1.54 bits per heavy atom. The maximum absolute atomic E-state index is 10.4. The molecule has 3 N–H and O–H groups in total. The highest BCUT2D eigenvalue weighted by Crippen LogP contribution is 2.16. The van der Waals surface area contributed by atoms with E-state index in [1.165, 1.54) is 0 Å². The van der Waals surface area contributed by atoms with Gasteiger partial charge in [-0.15, -0.1) is 0 Å². The molecule has 0 radical (unpaired) electrons. The minimum atomic E-state index is -0.894. The number of aliphatic carboxylic acids is 1. The van der Waals surface area contributed by atoms with Crippen LogP contribution in [0.4, 0.5) is 0 Å². The van der Waals surface area contributed by atoms with Crippen molar-refractivity contribution in [1.29, 1.82) is 0 Å². The smallest absolute Gasteiger partial charge is 0.317 e. The Bertz CT molecular complexity index is 185. The first kappa shape index (κ1) is 10.4. The lowest BCUT2D eigenvalue weighted by molar-refractivity contribution is -0.140. The van der Waals surface area contributed by atoms with Crippen LogP contribution < -0.4 is 0 Å². The lowest BCUT2D eigenvalue weighted by Gasteiger charge is -2.35. The number of aliphatic hydroxyl groups excluding tert-OH is 2. The number of aliphatic hydroxyl groups is 2. The molecule has 0 bridgehead atoms. The number of likely N-dealkylation sites (tertiary alicyclic amines) is 1. The third-order valence-electron chi connectivity index (χ3n) is 2.36. The molecular weight excluding hydrogens is 174 g/mol. The van der Waals surface area contributed by atoms with E-state index in [4.69, 9.17) is 10.2 Å². The summed E-state index contributed by atoms with van der Waals surface area (Å²) in [7, 11) is 0. The van der Waals surface area contributed by atoms with Crippen molar-refractivity contribution < 1.29 is 20.1 Å². The van der Waals surface area contributed by atoms with Gasteiger partial charge in [-0.05, 0) is 12.8 Å². The predicted molar refractivity (Wildman–Crippen MR) is 45.3 cm³/mol. The fourth-order valence-electron chi connectivity index (χ4n) is 1.65. The summed E-state index contributed by atoms with van der Waals surface area (Å²) in [6.07, 6.45) is 0.648. The fourth-order valence-corrected chi connectivity index (χ4v) is 1.65. The van der Waals surface area contributed by atoms with E-state index in [9.17, 15) is 9.90 Å². The van der Waals surface area contributed by atoms with E-state index in [1.807, 2.05) is 0 Å². The molecule has 1 aliphatic rings. The van der Waals surface area contributed by atoms with E-state index in [1.54, 1.807) is 4.90 Å². The van der Waals surface area contributed by atoms with Crippen LogP contribution in [0.1, 0.15) is 12.8 Å². The van der Waals surface area contributed by atoms with Crippen molar-refractivity contribution in [2.24, 2.45) is 0 Å². The van der Waals surface area contributed by atoms with Gasteiger partial charge in [0.05, 0.1) is 19.3 Å². The first-order valence-electron chi connectivity index (χ1n) is 4.38. The van der Waals surface area contributed by atoms with Crippen LogP contribution in [-0.2, 0) is 4.79 Å². The molecule has 1 saturated heterocycles. The lowest BCUT2D eigenvalue weighted by Crippen LogP contribution is -2.48. The summed E-state index contributed by atoms with van der Waals surface area (Å²) in [6.45, 7) is 0.390. The molecule has 1 aliphatic heterocycles. The number of nitrogens with zero attached hydrogens (tertiary/aromatic N) is 1. The lowest BCUT2D eigenvalue weighted by atomic mass is 10.0. The molecule has 5 heteroatoms. The quantitative estimate of drug-likeness (QED) is 0.524. The Balaban J connectivity index is 2.47. The Morgan fingerprint density at radius 2 is 2.23 bits per heavy atom. The van der Waals surface area contributed by atoms with E-state index in [0.717, 1.165) is 0 Å². The highest BCUT2D eigenvalue weighted by Gasteiger charge is 2.27. The van der Waals surface area contributed by atoms with E-state index in [2.05, 4.69) is 0 Å². The number of carboxylic acid groups (broad SMARTS) is 1. The first-order chi connectivity index (χ1) is 6.13. The van der Waals surface area contributed by atoms with Gasteiger partial charge in [-0.2, -0.15) is 0 Å². The van der Waals surface area contributed by atoms with Gasteiger partial charge in [-0.1, -0.05) is 0 Å². The summed E-state index contributed by atoms with van der Waals surface area (Å²) in [5.41, 5.74) is 0. The van der Waals surface area contributed by atoms with Crippen molar-refractivity contribution in [2.45, 2.75) is 25.0 Å². The van der Waals surface area contributed by atoms with Gasteiger partial charge in [-0.3, -0.25) is 9.69 Å². The second-order valence-corrected chi connectivity index (χ2v) is 3.38. The highest BCUT2D eigenvalue weighted by atomic mass is 16.4. The number of rotatable bonds is 3. The Kier molecular flexibility index (Phi) is 3.65. The maximum atomic E-state index is 10.4. The molecule has 0 aromatic heterocycles. The normalized spacial score (nSPS) is 30.3. The highest BCUT2D eigenvalue weighted by molar-refractivity contribution is 5.69. The zero-order valence-electron chi connectivity index (χ0n) is 7.39. The third kappa shape index (κ3) is 2.95. The van der Waals surface area contributed by atoms with Crippen LogP contribution in [0.2, 0.25) is 0 Å². The Hall–Kier alpha value is -0.650. The van der Waals surface area contributed by atoms with Gasteiger partial charge < -0.3 is 15.3 Å². The van der Waals surface area contributed by atoms with Crippen LogP contribution in [0, 0.1) is 0 Å². The predicted octanol–water partition coefficient (Wildman–Crippen LogP) is -1.11. The van der Waals surface area contributed by atoms with Crippen molar-refractivity contribution in [2.75, 3.05) is 19.7 Å². The van der Waals surface area contributed by atoms with Crippen LogP contribution in [0.3, 0.4) is 0 Å². The van der Waals surface area contributed by atoms with Gasteiger partial charge >= 0.3 is 5.97 Å². The second-order valence-electron chi connectivity index (χ2n) is 3.38. The van der Waals surface area contributed by atoms with Crippen LogP contribution in [0.5, 0.6) is 0 Å². The number of carboxylic acids is 1. The monoisotopic (exact) mass is 189 g/mol. The molecule has 13 heavy (non-hydrogen) atoms. The van der Waals surface area contributed by atoms with Crippen molar-refractivity contribution in [1.82, 2.24) is 4.90 Å². The zero-order chi connectivity index (χ0) is 9.84. The largest absolute Gasteiger partial charge is 0.480 e. The van der Waals surface area contributed by atoms with E-state index < -0.39 is 12.1 Å². The molecule has 0 spiro atoms. The van der Waals surface area contributed by atoms with Gasteiger partial charge in [0.15, 0.2) is 0 Å². The minimum absolute atomic E-state index is 0.0576. The molecule has 0 amide bonds. The number of hydrogen-bond acceptors (Lipinski definition) is 4. The molecule has 5 nitrogen and oxygen atoms in total. The summed E-state index contributed by atoms with van der Waals surface area (Å²) < 4.78 is 0. The van der Waals surface area contributed by atoms with E-state index in [-0.39, 0.29) is 19.2 Å². The molecule has 0 aliphatic carbocycles. The molecule has 0 saturated carbocycles. The summed E-state index contributed by atoms with van der Waals surface area (Å²) >= 11 is 0. The average molecular weight is 189 g/mol. The molecule has 2 unspecified atom stereocenters. The van der Waals surface area contributed by atoms with Gasteiger partial charge in [0.1, 0.15) is 0 Å².